The maximum atomic E-state index is 10.6. The number of halogens is 4. The van der Waals surface area contributed by atoms with Gasteiger partial charge in [0.15, 0.2) is 8.32 Å². The Morgan fingerprint density at radius 3 is 1.73 bits per heavy atom. The molecule has 2 aliphatic carbocycles. The van der Waals surface area contributed by atoms with Crippen LogP contribution in [0.25, 0.3) is 21.8 Å². The van der Waals surface area contributed by atoms with Crippen LogP contribution in [0.1, 0.15) is 74.9 Å². The molecule has 40 heavy (non-hydrogen) atoms. The summed E-state index contributed by atoms with van der Waals surface area (Å²) in [5.41, 5.74) is 5.41. The summed E-state index contributed by atoms with van der Waals surface area (Å²) in [6.45, 7) is 10.8. The van der Waals surface area contributed by atoms with Crippen molar-refractivity contribution in [3.63, 3.8) is 0 Å². The Bertz CT molecular complexity index is 1570. The molecule has 0 aliphatic heterocycles. The Morgan fingerprint density at radius 2 is 1.20 bits per heavy atom. The molecule has 2 atom stereocenters. The van der Waals surface area contributed by atoms with Gasteiger partial charge in [0.1, 0.15) is 5.60 Å². The van der Waals surface area contributed by atoms with Crippen molar-refractivity contribution in [1.82, 2.24) is 9.97 Å². The van der Waals surface area contributed by atoms with Gasteiger partial charge in [0.25, 0.3) is 0 Å². The molecular weight excluding hydrogens is 602 g/mol. The lowest BCUT2D eigenvalue weighted by Crippen LogP contribution is -2.39. The predicted molar refractivity (Wildman–Crippen MR) is 173 cm³/mol. The number of fused-ring (bicyclic) bond motifs is 6. The Hall–Kier alpha value is -1.18. The van der Waals surface area contributed by atoms with Gasteiger partial charge in [0, 0.05) is 20.8 Å². The fourth-order valence-corrected chi connectivity index (χ4v) is 9.18. The van der Waals surface area contributed by atoms with Crippen LogP contribution in [-0.2, 0) is 28.5 Å². The Kier molecular flexibility index (Phi) is 8.44. The highest BCUT2D eigenvalue weighted by atomic mass is 35.5. The van der Waals surface area contributed by atoms with Crippen LogP contribution in [0.15, 0.2) is 24.3 Å². The second-order valence-corrected chi connectivity index (χ2v) is 18.8. The molecule has 0 saturated carbocycles. The van der Waals surface area contributed by atoms with Crippen molar-refractivity contribution in [3.8, 4) is 0 Å². The SMILES string of the molecule is CC1(O)CCCCc2c1[nH]c1c(Cl)cc(Cl)cc21.CC1(O[Si](C)(C)C)CCCCc2c1[nH]c1c(Cl)cc(Cl)cc21. The van der Waals surface area contributed by atoms with Gasteiger partial charge in [0.05, 0.1) is 38.1 Å². The zero-order chi connectivity index (χ0) is 29.0. The highest BCUT2D eigenvalue weighted by Gasteiger charge is 2.38. The number of hydrogen-bond acceptors (Lipinski definition) is 2. The van der Waals surface area contributed by atoms with Gasteiger partial charge in [-0.2, -0.15) is 0 Å². The second kappa shape index (κ2) is 11.1. The van der Waals surface area contributed by atoms with E-state index in [1.54, 1.807) is 12.1 Å². The predicted octanol–water partition coefficient (Wildman–Crippen LogP) is 10.7. The van der Waals surface area contributed by atoms with Crippen LogP contribution in [-0.4, -0.2) is 23.4 Å². The molecule has 4 nitrogen and oxygen atoms in total. The van der Waals surface area contributed by atoms with Gasteiger partial charge in [-0.1, -0.05) is 46.4 Å². The number of rotatable bonds is 2. The fraction of sp³-hybridized carbons (Fsp3) is 0.484. The molecule has 9 heteroatoms. The minimum absolute atomic E-state index is 0.259. The molecule has 216 valence electrons. The number of benzene rings is 2. The number of hydrogen-bond donors (Lipinski definition) is 3. The van der Waals surface area contributed by atoms with Crippen LogP contribution >= 0.6 is 46.4 Å². The first-order chi connectivity index (χ1) is 18.7. The van der Waals surface area contributed by atoms with Crippen molar-refractivity contribution in [2.24, 2.45) is 0 Å². The van der Waals surface area contributed by atoms with Crippen LogP contribution < -0.4 is 0 Å². The minimum atomic E-state index is -1.66. The van der Waals surface area contributed by atoms with E-state index in [9.17, 15) is 5.11 Å². The smallest absolute Gasteiger partial charge is 0.185 e. The first-order valence-corrected chi connectivity index (χ1v) is 19.0. The monoisotopic (exact) mass is 638 g/mol. The van der Waals surface area contributed by atoms with E-state index in [2.05, 4.69) is 36.5 Å². The zero-order valence-corrected chi connectivity index (χ0v) is 27.9. The Labute approximate surface area is 257 Å². The third-order valence-electron chi connectivity index (χ3n) is 8.13. The van der Waals surface area contributed by atoms with Gasteiger partial charge in [0.2, 0.25) is 0 Å². The van der Waals surface area contributed by atoms with Gasteiger partial charge in [-0.05, 0) is 120 Å². The van der Waals surface area contributed by atoms with E-state index < -0.39 is 13.9 Å². The van der Waals surface area contributed by atoms with Crippen molar-refractivity contribution in [3.05, 3.63) is 66.9 Å². The number of aliphatic hydroxyl groups is 1. The topological polar surface area (TPSA) is 61.0 Å². The van der Waals surface area contributed by atoms with Gasteiger partial charge in [-0.25, -0.2) is 0 Å². The fourth-order valence-electron chi connectivity index (χ4n) is 6.54. The largest absolute Gasteiger partial charge is 0.407 e. The Morgan fingerprint density at radius 1 is 0.725 bits per heavy atom. The summed E-state index contributed by atoms with van der Waals surface area (Å²) in [6, 6.07) is 7.49. The zero-order valence-electron chi connectivity index (χ0n) is 23.8. The van der Waals surface area contributed by atoms with Crippen LogP contribution in [0.2, 0.25) is 39.7 Å². The highest BCUT2D eigenvalue weighted by Crippen LogP contribution is 2.44. The minimum Gasteiger partial charge on any atom is -0.407 e. The summed E-state index contributed by atoms with van der Waals surface area (Å²) in [4.78, 5) is 6.87. The highest BCUT2D eigenvalue weighted by molar-refractivity contribution is 6.69. The molecule has 6 rings (SSSR count). The third-order valence-corrected chi connectivity index (χ3v) is 10.2. The van der Waals surface area contributed by atoms with E-state index >= 15 is 0 Å². The van der Waals surface area contributed by atoms with Gasteiger partial charge < -0.3 is 19.5 Å². The number of H-pyrrole nitrogens is 2. The maximum absolute atomic E-state index is 10.6. The average molecular weight is 641 g/mol. The van der Waals surface area contributed by atoms with E-state index in [0.29, 0.717) is 20.1 Å². The van der Waals surface area contributed by atoms with Crippen molar-refractivity contribution < 1.29 is 9.53 Å². The van der Waals surface area contributed by atoms with Crippen molar-refractivity contribution in [2.45, 2.75) is 96.1 Å². The third kappa shape index (κ3) is 5.99. The number of nitrogens with one attached hydrogen (secondary N) is 2. The molecular formula is C31H38Cl4N2O2Si. The molecule has 2 aromatic carbocycles. The summed E-state index contributed by atoms with van der Waals surface area (Å²) >= 11 is 24.9. The summed E-state index contributed by atoms with van der Waals surface area (Å²) in [5.74, 6) is 0. The normalized spacial score (nSPS) is 23.2. The number of aromatic nitrogens is 2. The van der Waals surface area contributed by atoms with E-state index in [0.717, 1.165) is 71.6 Å². The molecule has 2 unspecified atom stereocenters. The lowest BCUT2D eigenvalue weighted by atomic mass is 9.95. The van der Waals surface area contributed by atoms with Crippen molar-refractivity contribution >= 4 is 76.5 Å². The van der Waals surface area contributed by atoms with Gasteiger partial charge in [-0.15, -0.1) is 0 Å². The molecule has 0 amide bonds. The van der Waals surface area contributed by atoms with E-state index in [1.165, 1.54) is 24.1 Å². The molecule has 0 spiro atoms. The number of aryl methyl sites for hydroxylation is 2. The standard InChI is InChI=1S/C17H23Cl2NOSi.C14H15Cl2NO/c1-17(21-22(2,3)4)8-6-5-7-12-13-9-11(18)10-14(19)15(13)20-16(12)17;1-14(18)5-3-2-4-9-10-6-8(15)7-11(16)12(10)17-13(9)14/h9-10,20H,5-8H2,1-4H3;6-7,17-18H,2-5H2,1H3. The molecule has 0 bridgehead atoms. The van der Waals surface area contributed by atoms with Crippen molar-refractivity contribution in [1.29, 1.82) is 0 Å². The number of aromatic amines is 2. The van der Waals surface area contributed by atoms with E-state index in [4.69, 9.17) is 50.8 Å². The molecule has 2 heterocycles. The molecule has 0 fully saturated rings. The Balaban J connectivity index is 0.000000164. The summed E-state index contributed by atoms with van der Waals surface area (Å²) < 4.78 is 6.60. The quantitative estimate of drug-likeness (QED) is 0.151. The van der Waals surface area contributed by atoms with E-state index in [-0.39, 0.29) is 5.60 Å². The van der Waals surface area contributed by atoms with E-state index in [1.807, 2.05) is 19.1 Å². The average Bonchev–Trinajstić information content (AvgIpc) is 3.29. The maximum Gasteiger partial charge on any atom is 0.185 e. The van der Waals surface area contributed by atoms with Crippen LogP contribution in [0.5, 0.6) is 0 Å². The summed E-state index contributed by atoms with van der Waals surface area (Å²) in [7, 11) is -1.66. The summed E-state index contributed by atoms with van der Waals surface area (Å²) in [5, 5.41) is 15.4. The van der Waals surface area contributed by atoms with Crippen LogP contribution in [0.3, 0.4) is 0 Å². The molecule has 2 aromatic heterocycles. The summed E-state index contributed by atoms with van der Waals surface area (Å²) in [6.07, 6.45) is 8.30. The van der Waals surface area contributed by atoms with Crippen molar-refractivity contribution in [2.75, 3.05) is 0 Å². The van der Waals surface area contributed by atoms with Gasteiger partial charge in [-0.3, -0.25) is 0 Å². The van der Waals surface area contributed by atoms with Crippen LogP contribution in [0, 0.1) is 0 Å². The van der Waals surface area contributed by atoms with Gasteiger partial charge >= 0.3 is 0 Å². The second-order valence-electron chi connectivity index (χ2n) is 12.7. The molecule has 4 aromatic rings. The lowest BCUT2D eigenvalue weighted by molar-refractivity contribution is 0.0435. The molecule has 2 aliphatic rings. The molecule has 3 N–H and O–H groups in total. The first kappa shape index (κ1) is 30.3. The molecule has 0 saturated heterocycles. The lowest BCUT2D eigenvalue weighted by Gasteiger charge is -2.35. The van der Waals surface area contributed by atoms with Crippen LogP contribution in [0.4, 0.5) is 0 Å². The molecule has 0 radical (unpaired) electrons. The first-order valence-electron chi connectivity index (χ1n) is 14.1.